The highest BCUT2D eigenvalue weighted by molar-refractivity contribution is 7.89. The van der Waals surface area contributed by atoms with Crippen LogP contribution in [0.25, 0.3) is 0 Å². The van der Waals surface area contributed by atoms with E-state index in [1.54, 1.807) is 12.3 Å². The highest BCUT2D eigenvalue weighted by Gasteiger charge is 2.32. The molecule has 0 bridgehead atoms. The van der Waals surface area contributed by atoms with Crippen molar-refractivity contribution in [2.45, 2.75) is 11.8 Å². The van der Waals surface area contributed by atoms with Gasteiger partial charge in [-0.15, -0.1) is 11.3 Å². The molecule has 0 atom stereocenters. The molecule has 0 saturated carbocycles. The monoisotopic (exact) mass is 323 g/mol. The van der Waals surface area contributed by atoms with Crippen LogP contribution in [0.3, 0.4) is 0 Å². The van der Waals surface area contributed by atoms with Crippen molar-refractivity contribution in [3.05, 3.63) is 15.8 Å². The van der Waals surface area contributed by atoms with Gasteiger partial charge in [-0.2, -0.15) is 4.31 Å². The molecule has 20 heavy (non-hydrogen) atoms. The minimum absolute atomic E-state index is 0.00844. The fraction of sp³-hybridized carbons (Fsp3) is 0.545. The van der Waals surface area contributed by atoms with Crippen molar-refractivity contribution in [3.8, 4) is 0 Å². The number of ether oxygens (including phenoxy) is 1. The molecule has 0 aliphatic carbocycles. The Morgan fingerprint density at radius 2 is 1.90 bits per heavy atom. The van der Waals surface area contributed by atoms with Crippen LogP contribution in [0.15, 0.2) is 10.3 Å². The zero-order chi connectivity index (χ0) is 15.3. The van der Waals surface area contributed by atoms with E-state index in [0.29, 0.717) is 5.56 Å². The average Bonchev–Trinajstić information content (AvgIpc) is 2.80. The molecular formula is C11H17NO6S2. The maximum atomic E-state index is 12.5. The first-order valence-corrected chi connectivity index (χ1v) is 8.10. The summed E-state index contributed by atoms with van der Waals surface area (Å²) in [5.41, 5.74) is 0.427. The quantitative estimate of drug-likeness (QED) is 0.675. The van der Waals surface area contributed by atoms with Crippen molar-refractivity contribution >= 4 is 27.3 Å². The first-order chi connectivity index (χ1) is 9.39. The van der Waals surface area contributed by atoms with Crippen molar-refractivity contribution in [2.24, 2.45) is 0 Å². The fourth-order valence-electron chi connectivity index (χ4n) is 1.69. The number of rotatable bonds is 7. The zero-order valence-corrected chi connectivity index (χ0v) is 12.8. The molecule has 1 heterocycles. The van der Waals surface area contributed by atoms with Crippen molar-refractivity contribution in [2.75, 3.05) is 33.4 Å². The number of hydrogen-bond acceptors (Lipinski definition) is 7. The summed E-state index contributed by atoms with van der Waals surface area (Å²) in [6, 6.07) is 0. The largest absolute Gasteiger partial charge is 0.465 e. The van der Waals surface area contributed by atoms with Crippen molar-refractivity contribution in [1.82, 2.24) is 4.31 Å². The maximum Gasteiger partial charge on any atom is 0.349 e. The highest BCUT2D eigenvalue weighted by Crippen LogP contribution is 2.30. The Morgan fingerprint density at radius 3 is 2.35 bits per heavy atom. The molecule has 1 aromatic heterocycles. The topological polar surface area (TPSA) is 104 Å². The third-order valence-electron chi connectivity index (χ3n) is 2.59. The smallest absolute Gasteiger partial charge is 0.349 e. The summed E-state index contributed by atoms with van der Waals surface area (Å²) >= 11 is 0.984. The van der Waals surface area contributed by atoms with Crippen LogP contribution in [0.4, 0.5) is 0 Å². The molecule has 0 spiro atoms. The summed E-state index contributed by atoms with van der Waals surface area (Å²) < 4.78 is 30.6. The van der Waals surface area contributed by atoms with E-state index in [-0.39, 0.29) is 36.1 Å². The van der Waals surface area contributed by atoms with Gasteiger partial charge < -0.3 is 14.9 Å². The Bertz CT molecular complexity index is 559. The Hall–Kier alpha value is -1.00. The van der Waals surface area contributed by atoms with E-state index in [0.717, 1.165) is 15.6 Å². The maximum absolute atomic E-state index is 12.5. The van der Waals surface area contributed by atoms with Crippen LogP contribution < -0.4 is 0 Å². The Kier molecular flexibility index (Phi) is 6.08. The van der Waals surface area contributed by atoms with E-state index in [4.69, 9.17) is 10.2 Å². The third kappa shape index (κ3) is 3.36. The molecule has 9 heteroatoms. The van der Waals surface area contributed by atoms with E-state index in [2.05, 4.69) is 4.74 Å². The van der Waals surface area contributed by atoms with Gasteiger partial charge >= 0.3 is 5.97 Å². The molecule has 0 radical (unpaired) electrons. The summed E-state index contributed by atoms with van der Waals surface area (Å²) in [4.78, 5) is 11.5. The number of carbonyl (C=O) groups excluding carboxylic acids is 1. The van der Waals surface area contributed by atoms with Gasteiger partial charge in [0.25, 0.3) is 0 Å². The number of carbonyl (C=O) groups is 1. The lowest BCUT2D eigenvalue weighted by Gasteiger charge is -2.20. The molecule has 0 aromatic carbocycles. The van der Waals surface area contributed by atoms with Gasteiger partial charge in [0.05, 0.1) is 20.3 Å². The lowest BCUT2D eigenvalue weighted by molar-refractivity contribution is 0.0602. The Balaban J connectivity index is 3.33. The van der Waals surface area contributed by atoms with Gasteiger partial charge in [0.1, 0.15) is 9.77 Å². The lowest BCUT2D eigenvalue weighted by atomic mass is 10.3. The molecule has 2 N–H and O–H groups in total. The van der Waals surface area contributed by atoms with Crippen LogP contribution in [0.2, 0.25) is 0 Å². The molecule has 0 unspecified atom stereocenters. The third-order valence-corrected chi connectivity index (χ3v) is 5.88. The second-order valence-corrected chi connectivity index (χ2v) is 6.67. The van der Waals surface area contributed by atoms with Gasteiger partial charge in [-0.1, -0.05) is 0 Å². The number of methoxy groups -OCH3 is 1. The zero-order valence-electron chi connectivity index (χ0n) is 11.2. The Labute approximate surface area is 121 Å². The number of esters is 1. The van der Waals surface area contributed by atoms with E-state index in [9.17, 15) is 13.2 Å². The predicted octanol–water partition coefficient (Wildman–Crippen LogP) is -0.182. The van der Waals surface area contributed by atoms with Gasteiger partial charge in [0.2, 0.25) is 10.0 Å². The highest BCUT2D eigenvalue weighted by atomic mass is 32.2. The van der Waals surface area contributed by atoms with Gasteiger partial charge in [-0.05, 0) is 17.9 Å². The van der Waals surface area contributed by atoms with Crippen LogP contribution in [0.5, 0.6) is 0 Å². The molecule has 0 saturated heterocycles. The van der Waals surface area contributed by atoms with Gasteiger partial charge in [-0.3, -0.25) is 0 Å². The summed E-state index contributed by atoms with van der Waals surface area (Å²) in [5.74, 6) is -0.727. The molecule has 0 aliphatic heterocycles. The van der Waals surface area contributed by atoms with E-state index in [1.807, 2.05) is 0 Å². The summed E-state index contributed by atoms with van der Waals surface area (Å²) in [6.07, 6.45) is 0. The predicted molar refractivity (Wildman–Crippen MR) is 73.3 cm³/mol. The van der Waals surface area contributed by atoms with Crippen LogP contribution in [0, 0.1) is 6.92 Å². The van der Waals surface area contributed by atoms with Gasteiger partial charge in [-0.25, -0.2) is 13.2 Å². The molecule has 0 amide bonds. The second-order valence-electron chi connectivity index (χ2n) is 3.92. The van der Waals surface area contributed by atoms with Gasteiger partial charge in [0, 0.05) is 13.1 Å². The number of hydrogen-bond donors (Lipinski definition) is 2. The first kappa shape index (κ1) is 17.1. The van der Waals surface area contributed by atoms with Crippen LogP contribution in [-0.2, 0) is 14.8 Å². The summed E-state index contributed by atoms with van der Waals surface area (Å²) in [7, 11) is -2.80. The number of aliphatic hydroxyl groups is 2. The normalized spacial score (nSPS) is 11.8. The SMILES string of the molecule is COC(=O)c1scc(C)c1S(=O)(=O)N(CCO)CCO. The van der Waals surface area contributed by atoms with Crippen LogP contribution in [0.1, 0.15) is 15.2 Å². The standard InChI is InChI=1S/C11H17NO6S2/c1-8-7-19-9(11(15)18-2)10(8)20(16,17)12(3-5-13)4-6-14/h7,13-14H,3-6H2,1-2H3. The average molecular weight is 323 g/mol. The minimum Gasteiger partial charge on any atom is -0.465 e. The molecule has 1 aromatic rings. The minimum atomic E-state index is -3.98. The molecule has 7 nitrogen and oxygen atoms in total. The number of nitrogens with zero attached hydrogens (tertiary/aromatic N) is 1. The molecule has 1 rings (SSSR count). The lowest BCUT2D eigenvalue weighted by Crippen LogP contribution is -2.36. The fourth-order valence-corrected chi connectivity index (χ4v) is 4.77. The van der Waals surface area contributed by atoms with Crippen molar-refractivity contribution in [3.63, 3.8) is 0 Å². The number of aryl methyl sites for hydroxylation is 1. The van der Waals surface area contributed by atoms with Gasteiger partial charge in [0.15, 0.2) is 0 Å². The molecular weight excluding hydrogens is 306 g/mol. The number of thiophene rings is 1. The van der Waals surface area contributed by atoms with Crippen molar-refractivity contribution in [1.29, 1.82) is 0 Å². The van der Waals surface area contributed by atoms with E-state index in [1.165, 1.54) is 7.11 Å². The molecule has 0 fully saturated rings. The first-order valence-electron chi connectivity index (χ1n) is 5.78. The van der Waals surface area contributed by atoms with Crippen LogP contribution in [-0.4, -0.2) is 62.3 Å². The van der Waals surface area contributed by atoms with Crippen LogP contribution >= 0.6 is 11.3 Å². The second kappa shape index (κ2) is 7.14. The summed E-state index contributed by atoms with van der Waals surface area (Å²) in [6.45, 7) is 0.509. The molecule has 114 valence electrons. The van der Waals surface area contributed by atoms with E-state index < -0.39 is 16.0 Å². The van der Waals surface area contributed by atoms with E-state index >= 15 is 0 Å². The Morgan fingerprint density at radius 1 is 1.35 bits per heavy atom. The number of sulfonamides is 1. The van der Waals surface area contributed by atoms with Crippen molar-refractivity contribution < 1.29 is 28.2 Å². The number of aliphatic hydroxyl groups excluding tert-OH is 2. The summed E-state index contributed by atoms with van der Waals surface area (Å²) in [5, 5.41) is 19.4. The molecule has 0 aliphatic rings.